The zero-order valence-electron chi connectivity index (χ0n) is 14.6. The second-order valence-electron chi connectivity index (χ2n) is 7.15. The molecule has 0 spiro atoms. The van der Waals surface area contributed by atoms with E-state index in [0.29, 0.717) is 25.4 Å². The molecule has 0 saturated carbocycles. The topological polar surface area (TPSA) is 58.6 Å². The maximum absolute atomic E-state index is 12.7. The number of piperidine rings is 1. The number of benzene rings is 1. The van der Waals surface area contributed by atoms with Crippen LogP contribution in [0.15, 0.2) is 24.3 Å². The smallest absolute Gasteiger partial charge is 0.317 e. The number of carbonyl (C=O) groups is 2. The molecule has 1 N–H and O–H groups in total. The molecule has 130 valence electrons. The molecule has 2 aliphatic rings. The van der Waals surface area contributed by atoms with Crippen molar-refractivity contribution in [1.82, 2.24) is 10.2 Å². The molecule has 0 bridgehead atoms. The van der Waals surface area contributed by atoms with Gasteiger partial charge >= 0.3 is 12.0 Å². The van der Waals surface area contributed by atoms with Gasteiger partial charge < -0.3 is 15.0 Å². The highest BCUT2D eigenvalue weighted by Crippen LogP contribution is 2.36. The van der Waals surface area contributed by atoms with Gasteiger partial charge in [-0.15, -0.1) is 0 Å². The first-order valence-electron chi connectivity index (χ1n) is 8.72. The molecule has 2 amide bonds. The molecular formula is C19H26N2O3. The van der Waals surface area contributed by atoms with Crippen molar-refractivity contribution in [3.05, 3.63) is 35.4 Å². The molecule has 0 aromatic heterocycles. The fourth-order valence-corrected chi connectivity index (χ4v) is 4.07. The third-order valence-electron chi connectivity index (χ3n) is 5.48. The molecule has 1 heterocycles. The molecule has 24 heavy (non-hydrogen) atoms. The van der Waals surface area contributed by atoms with Crippen molar-refractivity contribution in [1.29, 1.82) is 0 Å². The van der Waals surface area contributed by atoms with Crippen LogP contribution < -0.4 is 5.32 Å². The van der Waals surface area contributed by atoms with Gasteiger partial charge in [0.05, 0.1) is 19.1 Å². The minimum atomic E-state index is -0.166. The number of hydrogen-bond acceptors (Lipinski definition) is 3. The minimum absolute atomic E-state index is 0.0290. The minimum Gasteiger partial charge on any atom is -0.469 e. The summed E-state index contributed by atoms with van der Waals surface area (Å²) in [4.78, 5) is 26.3. The van der Waals surface area contributed by atoms with E-state index in [0.717, 1.165) is 6.42 Å². The summed E-state index contributed by atoms with van der Waals surface area (Å²) in [7, 11) is 1.42. The lowest BCUT2D eigenvalue weighted by Gasteiger charge is -2.36. The number of ether oxygens (including phenoxy) is 1. The molecule has 1 aliphatic carbocycles. The zero-order valence-corrected chi connectivity index (χ0v) is 14.6. The van der Waals surface area contributed by atoms with Crippen molar-refractivity contribution in [3.63, 3.8) is 0 Å². The van der Waals surface area contributed by atoms with Crippen molar-refractivity contribution < 1.29 is 14.3 Å². The third kappa shape index (κ3) is 3.12. The van der Waals surface area contributed by atoms with E-state index in [2.05, 4.69) is 30.4 Å². The summed E-state index contributed by atoms with van der Waals surface area (Å²) in [6, 6.07) is 8.37. The third-order valence-corrected chi connectivity index (χ3v) is 5.48. The van der Waals surface area contributed by atoms with Crippen LogP contribution >= 0.6 is 0 Å². The molecule has 1 fully saturated rings. The van der Waals surface area contributed by atoms with Gasteiger partial charge in [-0.1, -0.05) is 38.1 Å². The van der Waals surface area contributed by atoms with Crippen molar-refractivity contribution >= 4 is 12.0 Å². The van der Waals surface area contributed by atoms with Crippen molar-refractivity contribution in [2.75, 3.05) is 20.2 Å². The summed E-state index contributed by atoms with van der Waals surface area (Å²) in [5.74, 6) is 0.243. The summed E-state index contributed by atoms with van der Waals surface area (Å²) in [6.45, 7) is 5.37. The number of carbonyl (C=O) groups excluding carboxylic acids is 2. The molecule has 1 saturated heterocycles. The number of amides is 2. The number of nitrogens with zero attached hydrogens (tertiary/aromatic N) is 1. The number of urea groups is 1. The molecule has 1 aliphatic heterocycles. The van der Waals surface area contributed by atoms with Crippen LogP contribution in [-0.2, 0) is 16.0 Å². The van der Waals surface area contributed by atoms with E-state index in [1.807, 2.05) is 17.9 Å². The largest absolute Gasteiger partial charge is 0.469 e. The van der Waals surface area contributed by atoms with Crippen molar-refractivity contribution in [2.45, 2.75) is 32.7 Å². The van der Waals surface area contributed by atoms with E-state index in [9.17, 15) is 9.59 Å². The van der Waals surface area contributed by atoms with Gasteiger partial charge in [0, 0.05) is 13.1 Å². The Kier molecular flexibility index (Phi) is 4.78. The van der Waals surface area contributed by atoms with Crippen LogP contribution in [0.5, 0.6) is 0 Å². The molecule has 1 aromatic rings. The number of methoxy groups -OCH3 is 1. The summed E-state index contributed by atoms with van der Waals surface area (Å²) in [5.41, 5.74) is 2.56. The fraction of sp³-hybridized carbons (Fsp3) is 0.579. The highest BCUT2D eigenvalue weighted by atomic mass is 16.5. The predicted octanol–water partition coefficient (Wildman–Crippen LogP) is 2.76. The highest BCUT2D eigenvalue weighted by Gasteiger charge is 2.36. The van der Waals surface area contributed by atoms with Crippen LogP contribution in [0.25, 0.3) is 0 Å². The molecular weight excluding hydrogens is 304 g/mol. The zero-order chi connectivity index (χ0) is 17.3. The van der Waals surface area contributed by atoms with Crippen LogP contribution in [0.4, 0.5) is 4.79 Å². The Labute approximate surface area is 143 Å². The lowest BCUT2D eigenvalue weighted by molar-refractivity contribution is -0.148. The van der Waals surface area contributed by atoms with Gasteiger partial charge in [0.25, 0.3) is 0 Å². The average Bonchev–Trinajstić information content (AvgIpc) is 2.89. The van der Waals surface area contributed by atoms with Gasteiger partial charge in [0.1, 0.15) is 0 Å². The monoisotopic (exact) mass is 330 g/mol. The van der Waals surface area contributed by atoms with Crippen LogP contribution in [0.1, 0.15) is 37.4 Å². The van der Waals surface area contributed by atoms with E-state index >= 15 is 0 Å². The Morgan fingerprint density at radius 3 is 2.67 bits per heavy atom. The Bertz CT molecular complexity index is 631. The Hall–Kier alpha value is -2.04. The summed E-state index contributed by atoms with van der Waals surface area (Å²) >= 11 is 0. The molecule has 3 rings (SSSR count). The number of likely N-dealkylation sites (tertiary alicyclic amines) is 1. The van der Waals surface area contributed by atoms with E-state index in [-0.39, 0.29) is 29.9 Å². The van der Waals surface area contributed by atoms with Gasteiger partial charge in [-0.25, -0.2) is 4.79 Å². The summed E-state index contributed by atoms with van der Waals surface area (Å²) < 4.78 is 4.86. The van der Waals surface area contributed by atoms with Gasteiger partial charge in [-0.2, -0.15) is 0 Å². The van der Waals surface area contributed by atoms with Crippen LogP contribution in [-0.4, -0.2) is 37.1 Å². The Morgan fingerprint density at radius 2 is 1.96 bits per heavy atom. The van der Waals surface area contributed by atoms with Gasteiger partial charge in [-0.05, 0) is 35.8 Å². The highest BCUT2D eigenvalue weighted by molar-refractivity contribution is 5.76. The maximum atomic E-state index is 12.7. The molecule has 4 atom stereocenters. The molecule has 1 aromatic carbocycles. The van der Waals surface area contributed by atoms with Crippen molar-refractivity contribution in [3.8, 4) is 0 Å². The average molecular weight is 330 g/mol. The number of hydrogen-bond donors (Lipinski definition) is 1. The van der Waals surface area contributed by atoms with Crippen LogP contribution in [0, 0.1) is 17.8 Å². The van der Waals surface area contributed by atoms with E-state index in [1.165, 1.54) is 18.2 Å². The lowest BCUT2D eigenvalue weighted by atomic mass is 9.87. The Balaban J connectivity index is 1.63. The van der Waals surface area contributed by atoms with E-state index in [4.69, 9.17) is 4.74 Å². The summed E-state index contributed by atoms with van der Waals surface area (Å²) in [6.07, 6.45) is 1.67. The second kappa shape index (κ2) is 6.83. The lowest BCUT2D eigenvalue weighted by Crippen LogP contribution is -2.50. The first-order valence-corrected chi connectivity index (χ1v) is 8.72. The number of nitrogens with one attached hydrogen (secondary N) is 1. The first kappa shape index (κ1) is 16.8. The molecule has 5 nitrogen and oxygen atoms in total. The number of rotatable bonds is 2. The normalized spacial score (nSPS) is 29.0. The molecule has 0 unspecified atom stereocenters. The van der Waals surface area contributed by atoms with Gasteiger partial charge in [0.15, 0.2) is 0 Å². The first-order chi connectivity index (χ1) is 11.5. The quantitative estimate of drug-likeness (QED) is 0.848. The van der Waals surface area contributed by atoms with Crippen LogP contribution in [0.2, 0.25) is 0 Å². The predicted molar refractivity (Wildman–Crippen MR) is 91.4 cm³/mol. The Morgan fingerprint density at radius 1 is 1.21 bits per heavy atom. The number of fused-ring (bicyclic) bond motifs is 1. The van der Waals surface area contributed by atoms with Gasteiger partial charge in [-0.3, -0.25) is 4.79 Å². The van der Waals surface area contributed by atoms with E-state index in [1.54, 1.807) is 0 Å². The maximum Gasteiger partial charge on any atom is 0.317 e. The molecule has 0 radical (unpaired) electrons. The number of esters is 1. The summed E-state index contributed by atoms with van der Waals surface area (Å²) in [5, 5.41) is 3.20. The molecule has 5 heteroatoms. The van der Waals surface area contributed by atoms with E-state index < -0.39 is 0 Å². The second-order valence-corrected chi connectivity index (χ2v) is 7.15. The fourth-order valence-electron chi connectivity index (χ4n) is 4.07. The van der Waals surface area contributed by atoms with Crippen molar-refractivity contribution in [2.24, 2.45) is 17.8 Å². The standard InChI is InChI=1S/C19H26N2O3/c1-12-10-14-6-4-5-7-16(14)17(12)20-19(23)21-9-8-15(13(2)11-21)18(22)24-3/h4-7,12-13,15,17H,8-11H2,1-3H3,(H,20,23)/t12-,13+,15-,17+/m1/s1. The van der Waals surface area contributed by atoms with Gasteiger partial charge in [0.2, 0.25) is 0 Å². The SMILES string of the molecule is COC(=O)[C@@H]1CCN(C(=O)N[C@@H]2c3ccccc3C[C@H]2C)C[C@@H]1C. The van der Waals surface area contributed by atoms with Crippen LogP contribution in [0.3, 0.4) is 0 Å².